The van der Waals surface area contributed by atoms with Crippen LogP contribution in [0.4, 0.5) is 11.5 Å². The van der Waals surface area contributed by atoms with Crippen molar-refractivity contribution in [3.8, 4) is 12.3 Å². The Morgan fingerprint density at radius 1 is 1.19 bits per heavy atom. The van der Waals surface area contributed by atoms with Crippen LogP contribution in [0.1, 0.15) is 10.4 Å². The molecule has 130 valence electrons. The molecule has 26 heavy (non-hydrogen) atoms. The molecule has 0 fully saturated rings. The van der Waals surface area contributed by atoms with Gasteiger partial charge in [0.2, 0.25) is 0 Å². The van der Waals surface area contributed by atoms with Gasteiger partial charge in [0.1, 0.15) is 11.5 Å². The summed E-state index contributed by atoms with van der Waals surface area (Å²) in [7, 11) is 1.40. The summed E-state index contributed by atoms with van der Waals surface area (Å²) in [5, 5.41) is 4.38. The van der Waals surface area contributed by atoms with Crippen LogP contribution >= 0.6 is 0 Å². The van der Waals surface area contributed by atoms with Gasteiger partial charge in [-0.2, -0.15) is 0 Å². The van der Waals surface area contributed by atoms with E-state index in [0.29, 0.717) is 5.56 Å². The second-order valence-electron chi connectivity index (χ2n) is 5.71. The molecule has 0 saturated heterocycles. The number of nitrogens with two attached hydrogens (primary N) is 1. The van der Waals surface area contributed by atoms with Crippen LogP contribution in [0.2, 0.25) is 0 Å². The van der Waals surface area contributed by atoms with Crippen molar-refractivity contribution in [2.45, 2.75) is 6.54 Å². The number of benzene rings is 2. The summed E-state index contributed by atoms with van der Waals surface area (Å²) in [6, 6.07) is 12.8. The summed E-state index contributed by atoms with van der Waals surface area (Å²) >= 11 is 0. The monoisotopic (exact) mass is 348 g/mol. The van der Waals surface area contributed by atoms with Crippen LogP contribution in [0.25, 0.3) is 10.8 Å². The number of fused-ring (bicyclic) bond motifs is 1. The summed E-state index contributed by atoms with van der Waals surface area (Å²) in [5.41, 5.74) is 4.65. The molecule has 1 aromatic heterocycles. The lowest BCUT2D eigenvalue weighted by Crippen LogP contribution is -2.41. The number of carbonyl (C=O) groups is 1. The Kier molecular flexibility index (Phi) is 4.33. The molecule has 7 heteroatoms. The van der Waals surface area contributed by atoms with Gasteiger partial charge in [0, 0.05) is 12.6 Å². The Morgan fingerprint density at radius 3 is 2.58 bits per heavy atom. The normalized spacial score (nSPS) is 10.5. The molecule has 3 aromatic rings. The fourth-order valence-electron chi connectivity index (χ4n) is 2.65. The summed E-state index contributed by atoms with van der Waals surface area (Å²) in [4.78, 5) is 37.2. The molecule has 0 aliphatic heterocycles. The molecule has 0 spiro atoms. The number of hydrogen-bond acceptors (Lipinski definition) is 4. The van der Waals surface area contributed by atoms with Crippen LogP contribution in [0, 0.1) is 12.3 Å². The largest absolute Gasteiger partial charge is 0.383 e. The number of nitrogen functional groups attached to an aromatic ring is 1. The highest BCUT2D eigenvalue weighted by Crippen LogP contribution is 2.17. The minimum absolute atomic E-state index is 0.137. The first-order chi connectivity index (χ1) is 12.4. The number of rotatable bonds is 3. The average Bonchev–Trinajstić information content (AvgIpc) is 2.66. The quantitative estimate of drug-likeness (QED) is 0.694. The van der Waals surface area contributed by atoms with Gasteiger partial charge in [0.25, 0.3) is 11.5 Å². The fraction of sp³-hybridized carbons (Fsp3) is 0.105. The highest BCUT2D eigenvalue weighted by molar-refractivity contribution is 6.07. The van der Waals surface area contributed by atoms with Gasteiger partial charge in [-0.15, -0.1) is 6.42 Å². The molecule has 0 bridgehead atoms. The number of nitrogens with one attached hydrogen (secondary N) is 1. The van der Waals surface area contributed by atoms with Crippen molar-refractivity contribution >= 4 is 28.2 Å². The number of hydrogen-bond donors (Lipinski definition) is 2. The van der Waals surface area contributed by atoms with Crippen molar-refractivity contribution in [3.05, 3.63) is 68.9 Å². The SMILES string of the molecule is C#CCn1c(=O)c(NC(=O)c2ccc3ccccc3c2)c(N)n(C)c1=O. The molecule has 0 aliphatic rings. The van der Waals surface area contributed by atoms with E-state index >= 15 is 0 Å². The van der Waals surface area contributed by atoms with Crippen molar-refractivity contribution in [2.24, 2.45) is 7.05 Å². The molecule has 0 radical (unpaired) electrons. The van der Waals surface area contributed by atoms with Crippen LogP contribution < -0.4 is 22.3 Å². The molecule has 2 aromatic carbocycles. The Bertz CT molecular complexity index is 1180. The summed E-state index contributed by atoms with van der Waals surface area (Å²) < 4.78 is 1.90. The van der Waals surface area contributed by atoms with Crippen LogP contribution in [0.15, 0.2) is 52.1 Å². The van der Waals surface area contributed by atoms with Crippen molar-refractivity contribution in [1.29, 1.82) is 0 Å². The minimum Gasteiger partial charge on any atom is -0.383 e. The standard InChI is InChI=1S/C19H16N4O3/c1-3-10-23-18(25)15(16(20)22(2)19(23)26)21-17(24)14-9-8-12-6-4-5-7-13(12)11-14/h1,4-9,11H,10,20H2,2H3,(H,21,24). The zero-order chi connectivity index (χ0) is 18.8. The molecule has 0 saturated carbocycles. The molecule has 0 aliphatic carbocycles. The lowest BCUT2D eigenvalue weighted by Gasteiger charge is -2.13. The number of carbonyl (C=O) groups excluding carboxylic acids is 1. The van der Waals surface area contributed by atoms with E-state index in [1.54, 1.807) is 12.1 Å². The van der Waals surface area contributed by atoms with Gasteiger partial charge in [0.15, 0.2) is 0 Å². The maximum Gasteiger partial charge on any atom is 0.333 e. The number of anilines is 2. The first kappa shape index (κ1) is 17.0. The van der Waals surface area contributed by atoms with Crippen molar-refractivity contribution < 1.29 is 4.79 Å². The van der Waals surface area contributed by atoms with Gasteiger partial charge in [-0.05, 0) is 22.9 Å². The van der Waals surface area contributed by atoms with Crippen LogP contribution in [-0.2, 0) is 13.6 Å². The van der Waals surface area contributed by atoms with Gasteiger partial charge in [-0.1, -0.05) is 36.3 Å². The fourth-order valence-corrected chi connectivity index (χ4v) is 2.65. The Labute approximate surface area is 148 Å². The van der Waals surface area contributed by atoms with E-state index < -0.39 is 17.2 Å². The molecule has 1 heterocycles. The molecule has 7 nitrogen and oxygen atoms in total. The van der Waals surface area contributed by atoms with Gasteiger partial charge >= 0.3 is 5.69 Å². The van der Waals surface area contributed by atoms with Gasteiger partial charge in [0.05, 0.1) is 6.54 Å². The van der Waals surface area contributed by atoms with E-state index in [0.717, 1.165) is 19.9 Å². The average molecular weight is 348 g/mol. The van der Waals surface area contributed by atoms with E-state index in [2.05, 4.69) is 11.2 Å². The Hall–Kier alpha value is -3.79. The maximum absolute atomic E-state index is 12.6. The third-order valence-corrected chi connectivity index (χ3v) is 4.09. The zero-order valence-electron chi connectivity index (χ0n) is 14.0. The van der Waals surface area contributed by atoms with E-state index in [1.165, 1.54) is 7.05 Å². The van der Waals surface area contributed by atoms with Crippen LogP contribution in [0.3, 0.4) is 0 Å². The van der Waals surface area contributed by atoms with E-state index in [4.69, 9.17) is 12.2 Å². The zero-order valence-corrected chi connectivity index (χ0v) is 14.0. The van der Waals surface area contributed by atoms with Crippen LogP contribution in [0.5, 0.6) is 0 Å². The smallest absolute Gasteiger partial charge is 0.333 e. The van der Waals surface area contributed by atoms with E-state index in [1.807, 2.05) is 30.3 Å². The molecule has 3 rings (SSSR count). The lowest BCUT2D eigenvalue weighted by atomic mass is 10.1. The number of terminal acetylenes is 1. The number of nitrogens with zero attached hydrogens (tertiary/aromatic N) is 2. The number of amides is 1. The summed E-state index contributed by atoms with van der Waals surface area (Å²) in [5.74, 6) is 1.60. The Balaban J connectivity index is 2.05. The highest BCUT2D eigenvalue weighted by Gasteiger charge is 2.18. The molecule has 3 N–H and O–H groups in total. The van der Waals surface area contributed by atoms with Crippen molar-refractivity contribution in [1.82, 2.24) is 9.13 Å². The van der Waals surface area contributed by atoms with E-state index in [9.17, 15) is 14.4 Å². The lowest BCUT2D eigenvalue weighted by molar-refractivity contribution is 0.102. The van der Waals surface area contributed by atoms with Gasteiger partial charge in [-0.3, -0.25) is 14.2 Å². The molecule has 0 atom stereocenters. The number of aromatic nitrogens is 2. The second-order valence-corrected chi connectivity index (χ2v) is 5.71. The predicted octanol–water partition coefficient (Wildman–Crippen LogP) is 1.17. The van der Waals surface area contributed by atoms with Crippen molar-refractivity contribution in [2.75, 3.05) is 11.1 Å². The third-order valence-electron chi connectivity index (χ3n) is 4.09. The molecular weight excluding hydrogens is 332 g/mol. The van der Waals surface area contributed by atoms with Gasteiger partial charge in [-0.25, -0.2) is 9.36 Å². The summed E-state index contributed by atoms with van der Waals surface area (Å²) in [6.07, 6.45) is 5.21. The third kappa shape index (κ3) is 2.84. The second kappa shape index (κ2) is 6.61. The van der Waals surface area contributed by atoms with Crippen LogP contribution in [-0.4, -0.2) is 15.0 Å². The summed E-state index contributed by atoms with van der Waals surface area (Å²) in [6.45, 7) is -0.218. The highest BCUT2D eigenvalue weighted by atomic mass is 16.2. The van der Waals surface area contributed by atoms with Crippen molar-refractivity contribution in [3.63, 3.8) is 0 Å². The Morgan fingerprint density at radius 2 is 1.88 bits per heavy atom. The first-order valence-electron chi connectivity index (χ1n) is 7.77. The van der Waals surface area contributed by atoms with Gasteiger partial charge < -0.3 is 11.1 Å². The molecular formula is C19H16N4O3. The minimum atomic E-state index is -0.738. The molecule has 1 amide bonds. The molecule has 0 unspecified atom stereocenters. The maximum atomic E-state index is 12.6. The van der Waals surface area contributed by atoms with E-state index in [-0.39, 0.29) is 18.1 Å². The predicted molar refractivity (Wildman–Crippen MR) is 101 cm³/mol. The first-order valence-corrected chi connectivity index (χ1v) is 7.77. The topological polar surface area (TPSA) is 99.1 Å².